The van der Waals surface area contributed by atoms with Gasteiger partial charge in [0.15, 0.2) is 0 Å². The summed E-state index contributed by atoms with van der Waals surface area (Å²) in [6, 6.07) is 5.13. The Morgan fingerprint density at radius 2 is 1.81 bits per heavy atom. The van der Waals surface area contributed by atoms with E-state index in [2.05, 4.69) is 10.2 Å². The Labute approximate surface area is 181 Å². The van der Waals surface area contributed by atoms with E-state index in [-0.39, 0.29) is 42.6 Å². The van der Waals surface area contributed by atoms with E-state index < -0.39 is 34.6 Å². The maximum absolute atomic E-state index is 14.3. The third-order valence-electron chi connectivity index (χ3n) is 7.90. The van der Waals surface area contributed by atoms with E-state index in [1.54, 1.807) is 6.07 Å². The average molecular weight is 451 g/mol. The van der Waals surface area contributed by atoms with Crippen molar-refractivity contribution in [3.05, 3.63) is 47.2 Å². The third-order valence-corrected chi connectivity index (χ3v) is 7.90. The molecular weight excluding hydrogens is 429 g/mol. The van der Waals surface area contributed by atoms with E-state index in [9.17, 15) is 26.7 Å². The maximum atomic E-state index is 14.3. The van der Waals surface area contributed by atoms with Crippen molar-refractivity contribution in [2.45, 2.75) is 50.6 Å². The zero-order valence-corrected chi connectivity index (χ0v) is 17.6. The van der Waals surface area contributed by atoms with Crippen molar-refractivity contribution >= 4 is 5.91 Å². The minimum absolute atomic E-state index is 0.0450. The van der Waals surface area contributed by atoms with Gasteiger partial charge in [-0.05, 0) is 54.4 Å². The standard InChI is InChI=1S/C23H22F5N3O/c1-21(2)14-6-8-22(21,20(32)31-9-7-12(11-31)23(26,27)28)19-13(14)10-17(29-30-19)18-15(24)4-3-5-16(18)25/h3-5,10,12,14H,6-9,11H2,1-2H3/t12?,14-,22+/m1/s1. The molecule has 2 aliphatic carbocycles. The SMILES string of the molecule is CC1(C)[C@@H]2CC[C@@]1(C(=O)N1CCC(C(F)(F)F)C1)c1nnc(-c3c(F)cccc3F)cc12. The minimum Gasteiger partial charge on any atom is -0.341 e. The van der Waals surface area contributed by atoms with Crippen molar-refractivity contribution < 1.29 is 26.7 Å². The van der Waals surface area contributed by atoms with Gasteiger partial charge in [-0.25, -0.2) is 8.78 Å². The summed E-state index contributed by atoms with van der Waals surface area (Å²) in [4.78, 5) is 15.0. The fourth-order valence-corrected chi connectivity index (χ4v) is 6.14. The van der Waals surface area contributed by atoms with Gasteiger partial charge in [0, 0.05) is 13.1 Å². The van der Waals surface area contributed by atoms with Gasteiger partial charge in [0.05, 0.1) is 28.3 Å². The Balaban J connectivity index is 1.57. The van der Waals surface area contributed by atoms with Crippen LogP contribution in [-0.4, -0.2) is 40.3 Å². The lowest BCUT2D eigenvalue weighted by molar-refractivity contribution is -0.171. The summed E-state index contributed by atoms with van der Waals surface area (Å²) >= 11 is 0. The molecule has 32 heavy (non-hydrogen) atoms. The summed E-state index contributed by atoms with van der Waals surface area (Å²) in [7, 11) is 0. The van der Waals surface area contributed by atoms with Crippen molar-refractivity contribution in [1.82, 2.24) is 15.1 Å². The molecule has 0 radical (unpaired) electrons. The highest BCUT2D eigenvalue weighted by molar-refractivity contribution is 5.92. The van der Waals surface area contributed by atoms with Crippen LogP contribution in [-0.2, 0) is 10.2 Å². The molecule has 170 valence electrons. The summed E-state index contributed by atoms with van der Waals surface area (Å²) in [5.74, 6) is -3.51. The fraction of sp³-hybridized carbons (Fsp3) is 0.522. The molecule has 5 rings (SSSR count). The number of fused-ring (bicyclic) bond motifs is 5. The van der Waals surface area contributed by atoms with Crippen molar-refractivity contribution in [1.29, 1.82) is 0 Å². The predicted molar refractivity (Wildman–Crippen MR) is 106 cm³/mol. The lowest BCUT2D eigenvalue weighted by Gasteiger charge is -2.39. The van der Waals surface area contributed by atoms with Crippen LogP contribution in [0.4, 0.5) is 22.0 Å². The van der Waals surface area contributed by atoms with Crippen LogP contribution in [0.3, 0.4) is 0 Å². The summed E-state index contributed by atoms with van der Waals surface area (Å²) in [6.07, 6.45) is -3.34. The molecule has 1 saturated carbocycles. The number of nitrogens with zero attached hydrogens (tertiary/aromatic N) is 3. The molecule has 1 aromatic carbocycles. The molecule has 0 spiro atoms. The van der Waals surface area contributed by atoms with Gasteiger partial charge in [0.25, 0.3) is 0 Å². The Hall–Kier alpha value is -2.58. The highest BCUT2D eigenvalue weighted by atomic mass is 19.4. The Morgan fingerprint density at radius 3 is 2.44 bits per heavy atom. The molecule has 0 N–H and O–H groups in total. The molecule has 1 aliphatic heterocycles. The van der Waals surface area contributed by atoms with Gasteiger partial charge in [-0.1, -0.05) is 19.9 Å². The van der Waals surface area contributed by atoms with Crippen LogP contribution in [0.25, 0.3) is 11.3 Å². The van der Waals surface area contributed by atoms with Crippen LogP contribution in [0.15, 0.2) is 24.3 Å². The molecule has 3 atom stereocenters. The monoisotopic (exact) mass is 451 g/mol. The fourth-order valence-electron chi connectivity index (χ4n) is 6.14. The van der Waals surface area contributed by atoms with Gasteiger partial charge in [-0.3, -0.25) is 4.79 Å². The van der Waals surface area contributed by atoms with E-state index in [1.165, 1.54) is 11.0 Å². The Morgan fingerprint density at radius 1 is 1.12 bits per heavy atom. The largest absolute Gasteiger partial charge is 0.393 e. The van der Waals surface area contributed by atoms with Crippen LogP contribution >= 0.6 is 0 Å². The van der Waals surface area contributed by atoms with Gasteiger partial charge in [-0.2, -0.15) is 18.3 Å². The quantitative estimate of drug-likeness (QED) is 0.605. The molecular formula is C23H22F5N3O. The van der Waals surface area contributed by atoms with E-state index >= 15 is 0 Å². The van der Waals surface area contributed by atoms with Crippen molar-refractivity contribution in [2.24, 2.45) is 11.3 Å². The number of rotatable bonds is 2. The second kappa shape index (κ2) is 6.71. The molecule has 2 heterocycles. The first-order chi connectivity index (χ1) is 15.0. The number of hydrogen-bond acceptors (Lipinski definition) is 3. The normalized spacial score (nSPS) is 28.3. The van der Waals surface area contributed by atoms with Gasteiger partial charge >= 0.3 is 6.18 Å². The number of alkyl halides is 3. The van der Waals surface area contributed by atoms with Crippen LogP contribution in [0.5, 0.6) is 0 Å². The first-order valence-corrected chi connectivity index (χ1v) is 10.7. The molecule has 3 aliphatic rings. The highest BCUT2D eigenvalue weighted by Crippen LogP contribution is 2.68. The lowest BCUT2D eigenvalue weighted by atomic mass is 9.67. The number of hydrogen-bond donors (Lipinski definition) is 0. The maximum Gasteiger partial charge on any atom is 0.393 e. The molecule has 9 heteroatoms. The number of carbonyl (C=O) groups is 1. The molecule has 1 amide bonds. The molecule has 2 bridgehead atoms. The summed E-state index contributed by atoms with van der Waals surface area (Å²) in [5.41, 5.74) is -0.801. The molecule has 4 nitrogen and oxygen atoms in total. The zero-order chi connectivity index (χ0) is 23.1. The summed E-state index contributed by atoms with van der Waals surface area (Å²) < 4.78 is 68.2. The molecule has 1 unspecified atom stereocenters. The summed E-state index contributed by atoms with van der Waals surface area (Å²) in [6.45, 7) is 3.54. The van der Waals surface area contributed by atoms with Crippen LogP contribution in [0.1, 0.15) is 50.3 Å². The van der Waals surface area contributed by atoms with Gasteiger partial charge in [0.1, 0.15) is 11.6 Å². The smallest absolute Gasteiger partial charge is 0.341 e. The van der Waals surface area contributed by atoms with Crippen LogP contribution < -0.4 is 0 Å². The third kappa shape index (κ3) is 2.69. The van der Waals surface area contributed by atoms with Crippen molar-refractivity contribution in [2.75, 3.05) is 13.1 Å². The Kier molecular flexibility index (Phi) is 4.46. The van der Waals surface area contributed by atoms with E-state index in [1.807, 2.05) is 13.8 Å². The Bertz CT molecular complexity index is 1100. The van der Waals surface area contributed by atoms with Crippen molar-refractivity contribution in [3.63, 3.8) is 0 Å². The van der Waals surface area contributed by atoms with E-state index in [0.717, 1.165) is 12.1 Å². The van der Waals surface area contributed by atoms with E-state index in [0.29, 0.717) is 24.1 Å². The van der Waals surface area contributed by atoms with Crippen LogP contribution in [0, 0.1) is 23.0 Å². The zero-order valence-electron chi connectivity index (χ0n) is 17.6. The number of likely N-dealkylation sites (tertiary alicyclic amines) is 1. The van der Waals surface area contributed by atoms with E-state index in [4.69, 9.17) is 0 Å². The first kappa shape index (κ1) is 21.3. The molecule has 1 aromatic heterocycles. The second-order valence-electron chi connectivity index (χ2n) is 9.63. The number of amides is 1. The highest BCUT2D eigenvalue weighted by Gasteiger charge is 2.68. The topological polar surface area (TPSA) is 46.1 Å². The lowest BCUT2D eigenvalue weighted by Crippen LogP contribution is -2.51. The predicted octanol–water partition coefficient (Wildman–Crippen LogP) is 4.99. The summed E-state index contributed by atoms with van der Waals surface area (Å²) in [5, 5.41) is 8.33. The molecule has 2 aromatic rings. The van der Waals surface area contributed by atoms with Crippen molar-refractivity contribution in [3.8, 4) is 11.3 Å². The molecule has 1 saturated heterocycles. The first-order valence-electron chi connectivity index (χ1n) is 10.7. The van der Waals surface area contributed by atoms with Crippen LogP contribution in [0.2, 0.25) is 0 Å². The number of carbonyl (C=O) groups excluding carboxylic acids is 1. The minimum atomic E-state index is -4.34. The number of aromatic nitrogens is 2. The molecule has 2 fully saturated rings. The van der Waals surface area contributed by atoms with Gasteiger partial charge in [0.2, 0.25) is 5.91 Å². The van der Waals surface area contributed by atoms with Gasteiger partial charge in [-0.15, -0.1) is 5.10 Å². The second-order valence-corrected chi connectivity index (χ2v) is 9.63. The van der Waals surface area contributed by atoms with Gasteiger partial charge < -0.3 is 4.90 Å². The average Bonchev–Trinajstić information content (AvgIpc) is 3.36. The number of halogens is 5. The number of benzene rings is 1.